The van der Waals surface area contributed by atoms with E-state index < -0.39 is 30.4 Å². The number of amides is 1. The second kappa shape index (κ2) is 4.29. The maximum absolute atomic E-state index is 11.7. The first kappa shape index (κ1) is 11.8. The highest BCUT2D eigenvalue weighted by atomic mass is 16.3. The molecule has 5 atom stereocenters. The molecule has 0 bridgehead atoms. The van der Waals surface area contributed by atoms with E-state index in [0.29, 0.717) is 6.42 Å². The van der Waals surface area contributed by atoms with Gasteiger partial charge in [-0.1, -0.05) is 0 Å². The molecule has 1 unspecified atom stereocenters. The Morgan fingerprint density at radius 3 is 2.56 bits per heavy atom. The fourth-order valence-corrected chi connectivity index (χ4v) is 2.76. The van der Waals surface area contributed by atoms with Crippen molar-refractivity contribution in [1.82, 2.24) is 4.90 Å². The number of hydrogen-bond acceptors (Lipinski definition) is 5. The van der Waals surface area contributed by atoms with Crippen LogP contribution in [0.15, 0.2) is 0 Å². The summed E-state index contributed by atoms with van der Waals surface area (Å²) in [6.45, 7) is -0.166. The molecular formula is C10H17NO5. The van der Waals surface area contributed by atoms with Crippen molar-refractivity contribution in [3.05, 3.63) is 0 Å². The van der Waals surface area contributed by atoms with Crippen LogP contribution in [0.1, 0.15) is 19.3 Å². The number of carbonyl (C=O) groups is 1. The van der Waals surface area contributed by atoms with E-state index in [1.165, 1.54) is 4.90 Å². The van der Waals surface area contributed by atoms with Gasteiger partial charge >= 0.3 is 0 Å². The summed E-state index contributed by atoms with van der Waals surface area (Å²) in [7, 11) is 0. The SMILES string of the molecule is O=C1CC[C@@H](O)C2[C@H](O)[C@H](O)[C@H](CCO)N12. The van der Waals surface area contributed by atoms with Crippen molar-refractivity contribution in [3.8, 4) is 0 Å². The Labute approximate surface area is 93.1 Å². The van der Waals surface area contributed by atoms with Gasteiger partial charge in [0.2, 0.25) is 5.91 Å². The van der Waals surface area contributed by atoms with Gasteiger partial charge in [-0.3, -0.25) is 4.79 Å². The van der Waals surface area contributed by atoms with E-state index in [2.05, 4.69) is 0 Å². The normalized spacial score (nSPS) is 43.6. The fraction of sp³-hybridized carbons (Fsp3) is 0.900. The summed E-state index contributed by atoms with van der Waals surface area (Å²) >= 11 is 0. The van der Waals surface area contributed by atoms with E-state index in [9.17, 15) is 20.1 Å². The molecule has 6 heteroatoms. The summed E-state index contributed by atoms with van der Waals surface area (Å²) in [5.74, 6) is -0.177. The van der Waals surface area contributed by atoms with Crippen LogP contribution >= 0.6 is 0 Å². The maximum Gasteiger partial charge on any atom is 0.223 e. The molecule has 0 spiro atoms. The predicted octanol–water partition coefficient (Wildman–Crippen LogP) is -2.18. The molecule has 0 aliphatic carbocycles. The smallest absolute Gasteiger partial charge is 0.223 e. The number of hydrogen-bond donors (Lipinski definition) is 4. The van der Waals surface area contributed by atoms with Crippen molar-refractivity contribution in [2.24, 2.45) is 0 Å². The molecule has 6 nitrogen and oxygen atoms in total. The van der Waals surface area contributed by atoms with Crippen LogP contribution in [0.4, 0.5) is 0 Å². The maximum atomic E-state index is 11.7. The van der Waals surface area contributed by atoms with Crippen molar-refractivity contribution in [3.63, 3.8) is 0 Å². The lowest BCUT2D eigenvalue weighted by molar-refractivity contribution is -0.144. The van der Waals surface area contributed by atoms with Gasteiger partial charge in [-0.05, 0) is 12.8 Å². The Hall–Kier alpha value is -0.690. The first-order valence-corrected chi connectivity index (χ1v) is 5.54. The number of piperidine rings is 1. The molecule has 0 aromatic carbocycles. The molecule has 2 rings (SSSR count). The van der Waals surface area contributed by atoms with Crippen molar-refractivity contribution >= 4 is 5.91 Å². The van der Waals surface area contributed by atoms with Crippen LogP contribution in [-0.2, 0) is 4.79 Å². The van der Waals surface area contributed by atoms with Crippen molar-refractivity contribution in [2.75, 3.05) is 6.61 Å². The molecule has 1 amide bonds. The van der Waals surface area contributed by atoms with Crippen LogP contribution < -0.4 is 0 Å². The highest BCUT2D eigenvalue weighted by molar-refractivity contribution is 5.78. The predicted molar refractivity (Wildman–Crippen MR) is 53.4 cm³/mol. The average molecular weight is 231 g/mol. The minimum Gasteiger partial charge on any atom is -0.396 e. The molecule has 4 N–H and O–H groups in total. The lowest BCUT2D eigenvalue weighted by Crippen LogP contribution is -2.53. The summed E-state index contributed by atoms with van der Waals surface area (Å²) in [5.41, 5.74) is 0. The van der Waals surface area contributed by atoms with Gasteiger partial charge in [0.25, 0.3) is 0 Å². The van der Waals surface area contributed by atoms with Crippen LogP contribution in [0.2, 0.25) is 0 Å². The zero-order valence-electron chi connectivity index (χ0n) is 8.86. The quantitative estimate of drug-likeness (QED) is 0.433. The fourth-order valence-electron chi connectivity index (χ4n) is 2.76. The first-order valence-electron chi connectivity index (χ1n) is 5.54. The van der Waals surface area contributed by atoms with Gasteiger partial charge in [-0.15, -0.1) is 0 Å². The van der Waals surface area contributed by atoms with E-state index in [1.807, 2.05) is 0 Å². The molecule has 0 radical (unpaired) electrons. The topological polar surface area (TPSA) is 101 Å². The zero-order chi connectivity index (χ0) is 11.9. The standard InChI is InChI=1S/C10H17NO5/c12-4-3-5-9(15)10(16)8-6(13)1-2-7(14)11(5)8/h5-6,8-10,12-13,15-16H,1-4H2/t5-,6+,8?,9+,10-/m0/s1. The van der Waals surface area contributed by atoms with Crippen molar-refractivity contribution < 1.29 is 25.2 Å². The molecule has 2 heterocycles. The third-order valence-electron chi connectivity index (χ3n) is 3.53. The van der Waals surface area contributed by atoms with Gasteiger partial charge in [-0.2, -0.15) is 0 Å². The molecule has 0 saturated carbocycles. The monoisotopic (exact) mass is 231 g/mol. The van der Waals surface area contributed by atoms with Gasteiger partial charge < -0.3 is 25.3 Å². The average Bonchev–Trinajstić information content (AvgIpc) is 2.50. The Bertz CT molecular complexity index is 284. The number of aliphatic hydroxyl groups excluding tert-OH is 4. The van der Waals surface area contributed by atoms with Gasteiger partial charge in [0, 0.05) is 13.0 Å². The molecule has 2 fully saturated rings. The molecule has 16 heavy (non-hydrogen) atoms. The van der Waals surface area contributed by atoms with Crippen LogP contribution in [0.5, 0.6) is 0 Å². The lowest BCUT2D eigenvalue weighted by atomic mass is 9.97. The highest BCUT2D eigenvalue weighted by Gasteiger charge is 2.53. The summed E-state index contributed by atoms with van der Waals surface area (Å²) in [5, 5.41) is 38.2. The summed E-state index contributed by atoms with van der Waals surface area (Å²) < 4.78 is 0. The number of fused-ring (bicyclic) bond motifs is 1. The Balaban J connectivity index is 2.25. The van der Waals surface area contributed by atoms with E-state index in [4.69, 9.17) is 5.11 Å². The van der Waals surface area contributed by atoms with Crippen LogP contribution in [0.3, 0.4) is 0 Å². The number of carbonyl (C=O) groups excluding carboxylic acids is 1. The second-order valence-electron chi connectivity index (χ2n) is 4.46. The second-order valence-corrected chi connectivity index (χ2v) is 4.46. The summed E-state index contributed by atoms with van der Waals surface area (Å²) in [4.78, 5) is 13.1. The Morgan fingerprint density at radius 1 is 1.25 bits per heavy atom. The third-order valence-corrected chi connectivity index (χ3v) is 3.53. The van der Waals surface area contributed by atoms with Crippen LogP contribution in [0, 0.1) is 0 Å². The largest absolute Gasteiger partial charge is 0.396 e. The summed E-state index contributed by atoms with van der Waals surface area (Å²) in [6, 6.07) is -1.32. The number of aliphatic hydroxyl groups is 4. The van der Waals surface area contributed by atoms with E-state index in [-0.39, 0.29) is 25.4 Å². The lowest BCUT2D eigenvalue weighted by Gasteiger charge is -2.37. The van der Waals surface area contributed by atoms with Crippen LogP contribution in [0.25, 0.3) is 0 Å². The molecule has 0 aromatic heterocycles. The molecular weight excluding hydrogens is 214 g/mol. The number of rotatable bonds is 2. The molecule has 2 saturated heterocycles. The minimum atomic E-state index is -1.13. The summed E-state index contributed by atoms with van der Waals surface area (Å²) in [6.07, 6.45) is -2.27. The van der Waals surface area contributed by atoms with Crippen molar-refractivity contribution in [2.45, 2.75) is 49.7 Å². The molecule has 2 aliphatic heterocycles. The molecule has 2 aliphatic rings. The van der Waals surface area contributed by atoms with Crippen LogP contribution in [-0.4, -0.2) is 68.2 Å². The number of nitrogens with zero attached hydrogens (tertiary/aromatic N) is 1. The van der Waals surface area contributed by atoms with E-state index in [0.717, 1.165) is 0 Å². The van der Waals surface area contributed by atoms with Gasteiger partial charge in [0.05, 0.1) is 18.2 Å². The molecule has 92 valence electrons. The first-order chi connectivity index (χ1) is 7.57. The zero-order valence-corrected chi connectivity index (χ0v) is 8.86. The third kappa shape index (κ3) is 1.62. The van der Waals surface area contributed by atoms with Gasteiger partial charge in [-0.25, -0.2) is 0 Å². The van der Waals surface area contributed by atoms with E-state index >= 15 is 0 Å². The van der Waals surface area contributed by atoms with Gasteiger partial charge in [0.1, 0.15) is 12.2 Å². The highest BCUT2D eigenvalue weighted by Crippen LogP contribution is 2.34. The van der Waals surface area contributed by atoms with E-state index in [1.54, 1.807) is 0 Å². The van der Waals surface area contributed by atoms with Gasteiger partial charge in [0.15, 0.2) is 0 Å². The minimum absolute atomic E-state index is 0.166. The Kier molecular flexibility index (Phi) is 3.16. The molecule has 0 aromatic rings. The van der Waals surface area contributed by atoms with Crippen molar-refractivity contribution in [1.29, 1.82) is 0 Å². The Morgan fingerprint density at radius 2 is 1.94 bits per heavy atom.